The van der Waals surface area contributed by atoms with Gasteiger partial charge in [0.05, 0.1) is 6.10 Å². The molecule has 1 N–H and O–H groups in total. The fraction of sp³-hybridized carbons (Fsp3) is 0.625. The normalized spacial score (nSPS) is 24.8. The maximum absolute atomic E-state index is 5.66. The van der Waals surface area contributed by atoms with E-state index in [4.69, 9.17) is 4.74 Å². The van der Waals surface area contributed by atoms with Gasteiger partial charge in [-0.1, -0.05) is 18.2 Å². The van der Waals surface area contributed by atoms with Crippen molar-refractivity contribution in [1.82, 2.24) is 5.32 Å². The lowest BCUT2D eigenvalue weighted by atomic mass is 10.0. The number of benzene rings is 1. The fourth-order valence-electron chi connectivity index (χ4n) is 3.08. The van der Waals surface area contributed by atoms with Crippen LogP contribution >= 0.6 is 0 Å². The number of nitrogens with zero attached hydrogens (tertiary/aromatic N) is 1. The predicted molar refractivity (Wildman–Crippen MR) is 78.7 cm³/mol. The van der Waals surface area contributed by atoms with Gasteiger partial charge in [-0.15, -0.1) is 0 Å². The Morgan fingerprint density at radius 1 is 1.11 bits per heavy atom. The van der Waals surface area contributed by atoms with E-state index in [0.717, 1.165) is 26.2 Å². The van der Waals surface area contributed by atoms with Gasteiger partial charge in [-0.25, -0.2) is 0 Å². The van der Waals surface area contributed by atoms with Crippen molar-refractivity contribution in [3.05, 3.63) is 30.3 Å². The second kappa shape index (κ2) is 6.40. The molecule has 0 radical (unpaired) electrons. The summed E-state index contributed by atoms with van der Waals surface area (Å²) < 4.78 is 5.66. The minimum atomic E-state index is 0.465. The molecule has 3 rings (SSSR count). The standard InChI is InChI=1S/C16H24N2O/c1-2-5-15(6-3-1)18-10-8-14(9-11-18)17-13-16-7-4-12-19-16/h1-3,5-6,14,16-17H,4,7-13H2. The summed E-state index contributed by atoms with van der Waals surface area (Å²) in [7, 11) is 0. The first kappa shape index (κ1) is 12.9. The number of hydrogen-bond donors (Lipinski definition) is 1. The molecule has 2 heterocycles. The Labute approximate surface area is 115 Å². The molecule has 19 heavy (non-hydrogen) atoms. The van der Waals surface area contributed by atoms with Gasteiger partial charge in [0.2, 0.25) is 0 Å². The highest BCUT2D eigenvalue weighted by atomic mass is 16.5. The number of nitrogens with one attached hydrogen (secondary N) is 1. The van der Waals surface area contributed by atoms with E-state index in [1.165, 1.54) is 31.4 Å². The largest absolute Gasteiger partial charge is 0.377 e. The highest BCUT2D eigenvalue weighted by molar-refractivity contribution is 5.46. The van der Waals surface area contributed by atoms with Crippen LogP contribution in [0, 0.1) is 0 Å². The van der Waals surface area contributed by atoms with Crippen LogP contribution in [-0.2, 0) is 4.74 Å². The molecule has 1 aromatic carbocycles. The molecule has 0 saturated carbocycles. The summed E-state index contributed by atoms with van der Waals surface area (Å²) in [4.78, 5) is 2.49. The molecule has 2 aliphatic rings. The van der Waals surface area contributed by atoms with Crippen LogP contribution in [0.5, 0.6) is 0 Å². The highest BCUT2D eigenvalue weighted by Crippen LogP contribution is 2.19. The van der Waals surface area contributed by atoms with Crippen LogP contribution in [0.25, 0.3) is 0 Å². The third-order valence-corrected chi connectivity index (χ3v) is 4.27. The number of para-hydroxylation sites is 1. The Kier molecular flexibility index (Phi) is 4.36. The molecule has 0 amide bonds. The lowest BCUT2D eigenvalue weighted by Crippen LogP contribution is -2.44. The van der Waals surface area contributed by atoms with Crippen molar-refractivity contribution in [1.29, 1.82) is 0 Å². The van der Waals surface area contributed by atoms with Crippen LogP contribution < -0.4 is 10.2 Å². The quantitative estimate of drug-likeness (QED) is 0.900. The van der Waals surface area contributed by atoms with E-state index in [9.17, 15) is 0 Å². The Balaban J connectivity index is 1.42. The molecule has 2 fully saturated rings. The lowest BCUT2D eigenvalue weighted by Gasteiger charge is -2.34. The van der Waals surface area contributed by atoms with Crippen LogP contribution in [-0.4, -0.2) is 38.4 Å². The first-order chi connectivity index (χ1) is 9.42. The zero-order valence-corrected chi connectivity index (χ0v) is 11.6. The molecule has 0 aromatic heterocycles. The van der Waals surface area contributed by atoms with Crippen LogP contribution in [0.1, 0.15) is 25.7 Å². The van der Waals surface area contributed by atoms with Crippen molar-refractivity contribution in [2.24, 2.45) is 0 Å². The summed E-state index contributed by atoms with van der Waals surface area (Å²) in [6.07, 6.45) is 5.41. The maximum Gasteiger partial charge on any atom is 0.0700 e. The average Bonchev–Trinajstić information content (AvgIpc) is 3.00. The van der Waals surface area contributed by atoms with Gasteiger partial charge in [-0.05, 0) is 37.8 Å². The van der Waals surface area contributed by atoms with E-state index in [1.807, 2.05) is 0 Å². The molecule has 3 heteroatoms. The zero-order valence-electron chi connectivity index (χ0n) is 11.6. The molecule has 1 atom stereocenters. The first-order valence-electron chi connectivity index (χ1n) is 7.57. The number of anilines is 1. The molecular weight excluding hydrogens is 236 g/mol. The van der Waals surface area contributed by atoms with Crippen molar-refractivity contribution in [3.63, 3.8) is 0 Å². The highest BCUT2D eigenvalue weighted by Gasteiger charge is 2.21. The van der Waals surface area contributed by atoms with Crippen molar-refractivity contribution >= 4 is 5.69 Å². The van der Waals surface area contributed by atoms with Crippen LogP contribution in [0.2, 0.25) is 0 Å². The van der Waals surface area contributed by atoms with E-state index < -0.39 is 0 Å². The van der Waals surface area contributed by atoms with Gasteiger partial charge in [0, 0.05) is 38.0 Å². The second-order valence-electron chi connectivity index (χ2n) is 5.64. The Morgan fingerprint density at radius 2 is 1.89 bits per heavy atom. The van der Waals surface area contributed by atoms with Gasteiger partial charge in [-0.2, -0.15) is 0 Å². The van der Waals surface area contributed by atoms with Crippen molar-refractivity contribution < 1.29 is 4.74 Å². The molecular formula is C16H24N2O. The summed E-state index contributed by atoms with van der Waals surface area (Å²) in [6, 6.07) is 11.4. The van der Waals surface area contributed by atoms with Gasteiger partial charge in [0.15, 0.2) is 0 Å². The van der Waals surface area contributed by atoms with E-state index >= 15 is 0 Å². The van der Waals surface area contributed by atoms with Crippen LogP contribution in [0.4, 0.5) is 5.69 Å². The maximum atomic E-state index is 5.66. The van der Waals surface area contributed by atoms with Crippen LogP contribution in [0.15, 0.2) is 30.3 Å². The smallest absolute Gasteiger partial charge is 0.0700 e. The second-order valence-corrected chi connectivity index (χ2v) is 5.64. The molecule has 2 saturated heterocycles. The van der Waals surface area contributed by atoms with E-state index in [0.29, 0.717) is 12.1 Å². The summed E-state index contributed by atoms with van der Waals surface area (Å²) >= 11 is 0. The Bertz CT molecular complexity index is 368. The molecule has 1 aromatic rings. The molecule has 3 nitrogen and oxygen atoms in total. The van der Waals surface area contributed by atoms with E-state index in [-0.39, 0.29) is 0 Å². The minimum Gasteiger partial charge on any atom is -0.377 e. The summed E-state index contributed by atoms with van der Waals surface area (Å²) in [5.74, 6) is 0. The Morgan fingerprint density at radius 3 is 2.58 bits per heavy atom. The van der Waals surface area contributed by atoms with Gasteiger partial charge in [-0.3, -0.25) is 0 Å². The zero-order chi connectivity index (χ0) is 12.9. The minimum absolute atomic E-state index is 0.465. The molecule has 104 valence electrons. The SMILES string of the molecule is c1ccc(N2CCC(NCC3CCCO3)CC2)cc1. The van der Waals surface area contributed by atoms with Gasteiger partial charge in [0.1, 0.15) is 0 Å². The monoisotopic (exact) mass is 260 g/mol. The topological polar surface area (TPSA) is 24.5 Å². The van der Waals surface area contributed by atoms with Gasteiger partial charge >= 0.3 is 0 Å². The van der Waals surface area contributed by atoms with Crippen molar-refractivity contribution in [2.75, 3.05) is 31.1 Å². The molecule has 0 aliphatic carbocycles. The summed E-state index contributed by atoms with van der Waals surface area (Å²) in [5.41, 5.74) is 1.36. The third kappa shape index (κ3) is 3.48. The summed E-state index contributed by atoms with van der Waals surface area (Å²) in [5, 5.41) is 3.68. The predicted octanol–water partition coefficient (Wildman–Crippen LogP) is 2.42. The van der Waals surface area contributed by atoms with Gasteiger partial charge in [0.25, 0.3) is 0 Å². The molecule has 2 aliphatic heterocycles. The lowest BCUT2D eigenvalue weighted by molar-refractivity contribution is 0.106. The molecule has 1 unspecified atom stereocenters. The van der Waals surface area contributed by atoms with Crippen molar-refractivity contribution in [3.8, 4) is 0 Å². The van der Waals surface area contributed by atoms with Gasteiger partial charge < -0.3 is 15.0 Å². The van der Waals surface area contributed by atoms with Crippen molar-refractivity contribution in [2.45, 2.75) is 37.8 Å². The van der Waals surface area contributed by atoms with E-state index in [1.54, 1.807) is 0 Å². The third-order valence-electron chi connectivity index (χ3n) is 4.27. The van der Waals surface area contributed by atoms with Crippen LogP contribution in [0.3, 0.4) is 0 Å². The Hall–Kier alpha value is -1.06. The number of piperidine rings is 1. The number of rotatable bonds is 4. The first-order valence-corrected chi connectivity index (χ1v) is 7.57. The average molecular weight is 260 g/mol. The number of ether oxygens (including phenoxy) is 1. The summed E-state index contributed by atoms with van der Waals surface area (Å²) in [6.45, 7) is 4.31. The molecule has 0 spiro atoms. The number of hydrogen-bond acceptors (Lipinski definition) is 3. The molecule has 0 bridgehead atoms. The fourth-order valence-corrected chi connectivity index (χ4v) is 3.08. The van der Waals surface area contributed by atoms with E-state index in [2.05, 4.69) is 40.5 Å².